The zero-order valence-electron chi connectivity index (χ0n) is 16.4. The van der Waals surface area contributed by atoms with E-state index in [1.165, 1.54) is 29.5 Å². The van der Waals surface area contributed by atoms with Crippen LogP contribution in [0, 0.1) is 0 Å². The highest BCUT2D eigenvalue weighted by molar-refractivity contribution is 7.89. The van der Waals surface area contributed by atoms with E-state index in [1.54, 1.807) is 24.3 Å². The van der Waals surface area contributed by atoms with E-state index < -0.39 is 16.0 Å². The molecule has 0 saturated heterocycles. The van der Waals surface area contributed by atoms with Gasteiger partial charge in [0.1, 0.15) is 4.90 Å². The molecule has 0 amide bonds. The Bertz CT molecular complexity index is 1320. The predicted molar refractivity (Wildman–Crippen MR) is 119 cm³/mol. The minimum absolute atomic E-state index is 0.0143. The van der Waals surface area contributed by atoms with Crippen LogP contribution in [0.1, 0.15) is 21.8 Å². The number of esters is 1. The van der Waals surface area contributed by atoms with Crippen LogP contribution in [0.3, 0.4) is 0 Å². The third-order valence-corrected chi connectivity index (χ3v) is 7.05. The molecular formula is C21H16ClN3O5S2. The SMILES string of the molecule is O=C(OCc1nc(-c2cccs2)no1)c1ccc(Cl)c(S(=O)(=O)NCc2ccccc2)c1. The van der Waals surface area contributed by atoms with Gasteiger partial charge in [0, 0.05) is 6.54 Å². The van der Waals surface area contributed by atoms with Gasteiger partial charge in [0.15, 0.2) is 6.61 Å². The monoisotopic (exact) mass is 489 g/mol. The van der Waals surface area contributed by atoms with Crippen molar-refractivity contribution in [3.63, 3.8) is 0 Å². The van der Waals surface area contributed by atoms with Crippen molar-refractivity contribution in [1.82, 2.24) is 14.9 Å². The van der Waals surface area contributed by atoms with Crippen LogP contribution in [0.15, 0.2) is 75.5 Å². The van der Waals surface area contributed by atoms with Crippen LogP contribution >= 0.6 is 22.9 Å². The number of sulfonamides is 1. The molecule has 2 aromatic carbocycles. The molecule has 2 heterocycles. The normalized spacial score (nSPS) is 11.4. The first-order chi connectivity index (χ1) is 15.4. The molecule has 0 radical (unpaired) electrons. The summed E-state index contributed by atoms with van der Waals surface area (Å²) in [5, 5.41) is 5.71. The second-order valence-corrected chi connectivity index (χ2v) is 9.61. The van der Waals surface area contributed by atoms with Crippen LogP contribution in [0.4, 0.5) is 0 Å². The zero-order valence-corrected chi connectivity index (χ0v) is 18.8. The Morgan fingerprint density at radius 1 is 1.12 bits per heavy atom. The average molecular weight is 490 g/mol. The molecule has 32 heavy (non-hydrogen) atoms. The van der Waals surface area contributed by atoms with Gasteiger partial charge < -0.3 is 9.26 Å². The van der Waals surface area contributed by atoms with Gasteiger partial charge in [-0.05, 0) is 35.2 Å². The Morgan fingerprint density at radius 3 is 2.69 bits per heavy atom. The summed E-state index contributed by atoms with van der Waals surface area (Å²) in [6.07, 6.45) is 0. The van der Waals surface area contributed by atoms with E-state index in [4.69, 9.17) is 20.9 Å². The maximum atomic E-state index is 12.7. The average Bonchev–Trinajstić information content (AvgIpc) is 3.49. The smallest absolute Gasteiger partial charge is 0.338 e. The highest BCUT2D eigenvalue weighted by atomic mass is 35.5. The Kier molecular flexibility index (Phi) is 6.66. The number of ether oxygens (including phenoxy) is 1. The van der Waals surface area contributed by atoms with Crippen molar-refractivity contribution in [3.05, 3.63) is 88.1 Å². The molecule has 0 fully saturated rings. The predicted octanol–water partition coefficient (Wildman–Crippen LogP) is 4.29. The Labute approximate surface area is 192 Å². The molecule has 11 heteroatoms. The fraction of sp³-hybridized carbons (Fsp3) is 0.0952. The Balaban J connectivity index is 1.44. The van der Waals surface area contributed by atoms with Gasteiger partial charge >= 0.3 is 5.97 Å². The van der Waals surface area contributed by atoms with Crippen molar-refractivity contribution >= 4 is 38.9 Å². The Hall–Kier alpha value is -3.05. The number of aromatic nitrogens is 2. The molecule has 164 valence electrons. The summed E-state index contributed by atoms with van der Waals surface area (Å²) in [5.41, 5.74) is 0.803. The first-order valence-electron chi connectivity index (χ1n) is 9.29. The molecule has 2 aromatic heterocycles. The van der Waals surface area contributed by atoms with Gasteiger partial charge in [0.25, 0.3) is 5.89 Å². The molecule has 8 nitrogen and oxygen atoms in total. The summed E-state index contributed by atoms with van der Waals surface area (Å²) in [4.78, 5) is 17.2. The first-order valence-corrected chi connectivity index (χ1v) is 12.0. The standard InChI is InChI=1S/C21H16ClN3O5S2/c22-16-9-8-15(11-18(16)32(27,28)23-12-14-5-2-1-3-6-14)21(26)29-13-19-24-20(25-30-19)17-7-4-10-31-17/h1-11,23H,12-13H2. The van der Waals surface area contributed by atoms with Gasteiger partial charge in [-0.25, -0.2) is 17.9 Å². The van der Waals surface area contributed by atoms with E-state index in [1.807, 2.05) is 23.6 Å². The topological polar surface area (TPSA) is 111 Å². The summed E-state index contributed by atoms with van der Waals surface area (Å²) in [6.45, 7) is -0.175. The highest BCUT2D eigenvalue weighted by Crippen LogP contribution is 2.24. The molecule has 4 rings (SSSR count). The number of carbonyl (C=O) groups is 1. The van der Waals surface area contributed by atoms with Gasteiger partial charge in [0.2, 0.25) is 15.8 Å². The molecule has 0 unspecified atom stereocenters. The van der Waals surface area contributed by atoms with Crippen molar-refractivity contribution in [1.29, 1.82) is 0 Å². The minimum Gasteiger partial charge on any atom is -0.452 e. The molecule has 4 aromatic rings. The van der Waals surface area contributed by atoms with Crippen LogP contribution in [-0.4, -0.2) is 24.5 Å². The molecule has 0 saturated carbocycles. The number of halogens is 1. The number of hydrogen-bond acceptors (Lipinski definition) is 8. The fourth-order valence-electron chi connectivity index (χ4n) is 2.72. The quantitative estimate of drug-likeness (QED) is 0.367. The number of nitrogens with one attached hydrogen (secondary N) is 1. The van der Waals surface area contributed by atoms with Crippen LogP contribution in [0.25, 0.3) is 10.7 Å². The number of rotatable bonds is 8. The van der Waals surface area contributed by atoms with Crippen LogP contribution in [-0.2, 0) is 27.9 Å². The summed E-state index contributed by atoms with van der Waals surface area (Å²) in [6, 6.07) is 16.6. The van der Waals surface area contributed by atoms with E-state index in [0.717, 1.165) is 10.4 Å². The minimum atomic E-state index is -3.96. The van der Waals surface area contributed by atoms with Gasteiger partial charge in [-0.15, -0.1) is 11.3 Å². The lowest BCUT2D eigenvalue weighted by Crippen LogP contribution is -2.24. The summed E-state index contributed by atoms with van der Waals surface area (Å²) >= 11 is 7.54. The van der Waals surface area contributed by atoms with E-state index in [-0.39, 0.29) is 34.5 Å². The molecule has 0 atom stereocenters. The lowest BCUT2D eigenvalue weighted by atomic mass is 10.2. The number of nitrogens with zero attached hydrogens (tertiary/aromatic N) is 2. The van der Waals surface area contributed by atoms with Crippen molar-refractivity contribution in [2.24, 2.45) is 0 Å². The zero-order chi connectivity index (χ0) is 22.6. The molecule has 1 N–H and O–H groups in total. The van der Waals surface area contributed by atoms with Crippen LogP contribution in [0.2, 0.25) is 5.02 Å². The van der Waals surface area contributed by atoms with E-state index >= 15 is 0 Å². The number of thiophene rings is 1. The lowest BCUT2D eigenvalue weighted by Gasteiger charge is -2.10. The van der Waals surface area contributed by atoms with Crippen molar-refractivity contribution in [3.8, 4) is 10.7 Å². The molecule has 0 aliphatic rings. The van der Waals surface area contributed by atoms with Crippen molar-refractivity contribution < 1.29 is 22.5 Å². The maximum Gasteiger partial charge on any atom is 0.338 e. The number of benzene rings is 2. The first kappa shape index (κ1) is 22.2. The maximum absolute atomic E-state index is 12.7. The fourth-order valence-corrected chi connectivity index (χ4v) is 4.91. The number of carbonyl (C=O) groups excluding carboxylic acids is 1. The van der Waals surface area contributed by atoms with E-state index in [9.17, 15) is 13.2 Å². The molecular weight excluding hydrogens is 474 g/mol. The summed E-state index contributed by atoms with van der Waals surface area (Å²) in [7, 11) is -3.96. The second-order valence-electron chi connectivity index (χ2n) is 6.52. The summed E-state index contributed by atoms with van der Waals surface area (Å²) < 4.78 is 38.2. The number of hydrogen-bond donors (Lipinski definition) is 1. The molecule has 0 aliphatic carbocycles. The van der Waals surface area contributed by atoms with Crippen molar-refractivity contribution in [2.45, 2.75) is 18.0 Å². The molecule has 0 bridgehead atoms. The van der Waals surface area contributed by atoms with Gasteiger partial charge in [-0.2, -0.15) is 4.98 Å². The van der Waals surface area contributed by atoms with Gasteiger partial charge in [-0.3, -0.25) is 0 Å². The van der Waals surface area contributed by atoms with Crippen LogP contribution in [0.5, 0.6) is 0 Å². The third-order valence-electron chi connectivity index (χ3n) is 4.30. The van der Waals surface area contributed by atoms with Crippen LogP contribution < -0.4 is 4.72 Å². The lowest BCUT2D eigenvalue weighted by molar-refractivity contribution is 0.0429. The third kappa shape index (κ3) is 5.22. The van der Waals surface area contributed by atoms with E-state index in [0.29, 0.717) is 5.82 Å². The van der Waals surface area contributed by atoms with Crippen molar-refractivity contribution in [2.75, 3.05) is 0 Å². The molecule has 0 aliphatic heterocycles. The van der Waals surface area contributed by atoms with Gasteiger partial charge in [0.05, 0.1) is 15.5 Å². The van der Waals surface area contributed by atoms with E-state index in [2.05, 4.69) is 14.9 Å². The highest BCUT2D eigenvalue weighted by Gasteiger charge is 2.21. The van der Waals surface area contributed by atoms with Gasteiger partial charge in [-0.1, -0.05) is 53.2 Å². The Morgan fingerprint density at radius 2 is 1.94 bits per heavy atom. The molecule has 0 spiro atoms. The second kappa shape index (κ2) is 9.61. The summed E-state index contributed by atoms with van der Waals surface area (Å²) in [5.74, 6) is -0.236. The largest absolute Gasteiger partial charge is 0.452 e.